The summed E-state index contributed by atoms with van der Waals surface area (Å²) < 4.78 is 13.9. The van der Waals surface area contributed by atoms with Gasteiger partial charge in [-0.05, 0) is 43.7 Å². The standard InChI is InChI=1S/C23H27FN4O6/c1-12(18(30)19(31)13-8-17(29)25-10-13)26-20(32)16-9-23(6-7-23)11-28(16)22(34)21(33)27-15-5-3-2-4-14(15)24/h2-5,12-13,16,19,31H,6-11H2,1H3,(H,25,29)(H,26,32)(H,27,33)/t12-,13?,16-,19?/m0/s1. The normalized spacial score (nSPS) is 24.3. The highest BCUT2D eigenvalue weighted by atomic mass is 19.1. The largest absolute Gasteiger partial charge is 0.385 e. The number of Topliss-reactive ketones (excluding diaryl/α,β-unsaturated/α-hetero) is 1. The first kappa shape index (κ1) is 23.8. The molecule has 0 aromatic heterocycles. The molecular formula is C23H27FN4O6. The second-order valence-corrected chi connectivity index (χ2v) is 9.43. The van der Waals surface area contributed by atoms with Gasteiger partial charge in [0.25, 0.3) is 0 Å². The van der Waals surface area contributed by atoms with E-state index < -0.39 is 53.4 Å². The Hall–Kier alpha value is -3.34. The molecule has 3 aliphatic rings. The molecule has 2 aliphatic heterocycles. The van der Waals surface area contributed by atoms with Crippen LogP contribution in [0.4, 0.5) is 10.1 Å². The molecule has 2 unspecified atom stereocenters. The minimum Gasteiger partial charge on any atom is -0.385 e. The van der Waals surface area contributed by atoms with E-state index in [-0.39, 0.29) is 36.5 Å². The second kappa shape index (κ2) is 9.13. The molecule has 2 heterocycles. The number of aliphatic hydroxyl groups is 1. The number of aliphatic hydroxyl groups excluding tert-OH is 1. The van der Waals surface area contributed by atoms with Gasteiger partial charge in [0.2, 0.25) is 11.8 Å². The van der Waals surface area contributed by atoms with Gasteiger partial charge >= 0.3 is 11.8 Å². The molecule has 1 saturated carbocycles. The van der Waals surface area contributed by atoms with E-state index in [9.17, 15) is 33.5 Å². The average Bonchev–Trinajstić information content (AvgIpc) is 3.23. The molecule has 11 heteroatoms. The summed E-state index contributed by atoms with van der Waals surface area (Å²) in [5, 5.41) is 17.7. The van der Waals surface area contributed by atoms with Crippen LogP contribution in [0.3, 0.4) is 0 Å². The maximum Gasteiger partial charge on any atom is 0.314 e. The van der Waals surface area contributed by atoms with Crippen molar-refractivity contribution in [3.05, 3.63) is 30.1 Å². The SMILES string of the molecule is C[C@H](NC(=O)[C@@H]1CC2(CC2)CN1C(=O)C(=O)Nc1ccccc1F)C(=O)C(O)C1CNC(=O)C1. The highest BCUT2D eigenvalue weighted by Gasteiger charge is 2.56. The molecule has 10 nitrogen and oxygen atoms in total. The summed E-state index contributed by atoms with van der Waals surface area (Å²) in [4.78, 5) is 63.6. The van der Waals surface area contributed by atoms with Crippen LogP contribution >= 0.6 is 0 Å². The van der Waals surface area contributed by atoms with Gasteiger partial charge in [-0.25, -0.2) is 4.39 Å². The molecule has 4 amide bonds. The zero-order valence-corrected chi connectivity index (χ0v) is 18.7. The van der Waals surface area contributed by atoms with Gasteiger partial charge in [-0.2, -0.15) is 0 Å². The van der Waals surface area contributed by atoms with Crippen molar-refractivity contribution < 1.29 is 33.5 Å². The summed E-state index contributed by atoms with van der Waals surface area (Å²) in [7, 11) is 0. The third-order valence-corrected chi connectivity index (χ3v) is 6.88. The number of ketones is 1. The summed E-state index contributed by atoms with van der Waals surface area (Å²) in [6, 6.07) is 3.41. The lowest BCUT2D eigenvalue weighted by molar-refractivity contribution is -0.146. The number of amides is 4. The Morgan fingerprint density at radius 1 is 1.24 bits per heavy atom. The summed E-state index contributed by atoms with van der Waals surface area (Å²) in [6.45, 7) is 1.82. The Labute approximate surface area is 195 Å². The monoisotopic (exact) mass is 474 g/mol. The van der Waals surface area contributed by atoms with E-state index in [0.29, 0.717) is 6.42 Å². The smallest absolute Gasteiger partial charge is 0.314 e. The van der Waals surface area contributed by atoms with Gasteiger partial charge in [0.05, 0.1) is 11.7 Å². The van der Waals surface area contributed by atoms with Crippen LogP contribution in [0, 0.1) is 17.2 Å². The first-order valence-corrected chi connectivity index (χ1v) is 11.3. The van der Waals surface area contributed by atoms with Crippen LogP contribution in [0.15, 0.2) is 24.3 Å². The molecule has 182 valence electrons. The number of nitrogens with zero attached hydrogens (tertiary/aromatic N) is 1. The van der Waals surface area contributed by atoms with Gasteiger partial charge < -0.3 is 26.0 Å². The van der Waals surface area contributed by atoms with Crippen LogP contribution in [-0.4, -0.2) is 70.7 Å². The molecule has 34 heavy (non-hydrogen) atoms. The van der Waals surface area contributed by atoms with E-state index in [1.165, 1.54) is 30.0 Å². The molecule has 0 bridgehead atoms. The lowest BCUT2D eigenvalue weighted by Gasteiger charge is -2.26. The van der Waals surface area contributed by atoms with Crippen molar-refractivity contribution in [2.24, 2.45) is 11.3 Å². The fourth-order valence-electron chi connectivity index (χ4n) is 4.63. The Kier molecular flexibility index (Phi) is 6.39. The molecule has 1 spiro atoms. The molecule has 4 rings (SSSR count). The van der Waals surface area contributed by atoms with Crippen molar-refractivity contribution in [2.45, 2.75) is 50.8 Å². The van der Waals surface area contributed by atoms with E-state index in [0.717, 1.165) is 18.9 Å². The number of rotatable bonds is 6. The topological polar surface area (TPSA) is 145 Å². The van der Waals surface area contributed by atoms with Gasteiger partial charge in [0, 0.05) is 25.4 Å². The summed E-state index contributed by atoms with van der Waals surface area (Å²) >= 11 is 0. The number of carbonyl (C=O) groups is 5. The Morgan fingerprint density at radius 3 is 2.56 bits per heavy atom. The molecule has 3 fully saturated rings. The number of likely N-dealkylation sites (tertiary alicyclic amines) is 1. The van der Waals surface area contributed by atoms with E-state index >= 15 is 0 Å². The summed E-state index contributed by atoms with van der Waals surface area (Å²) in [5.41, 5.74) is -0.381. The molecule has 2 saturated heterocycles. The molecule has 1 aromatic carbocycles. The van der Waals surface area contributed by atoms with E-state index in [1.807, 2.05) is 0 Å². The number of halogens is 1. The summed E-state index contributed by atoms with van der Waals surface area (Å²) in [6.07, 6.45) is 0.577. The van der Waals surface area contributed by atoms with Gasteiger partial charge in [0.1, 0.15) is 18.0 Å². The van der Waals surface area contributed by atoms with Crippen molar-refractivity contribution in [2.75, 3.05) is 18.4 Å². The predicted octanol–water partition coefficient (Wildman–Crippen LogP) is -0.284. The number of anilines is 1. The third-order valence-electron chi connectivity index (χ3n) is 6.88. The number of para-hydroxylation sites is 1. The van der Waals surface area contributed by atoms with Crippen LogP contribution in [0.5, 0.6) is 0 Å². The molecule has 4 N–H and O–H groups in total. The predicted molar refractivity (Wildman–Crippen MR) is 117 cm³/mol. The molecule has 1 aliphatic carbocycles. The first-order valence-electron chi connectivity index (χ1n) is 11.3. The number of carbonyl (C=O) groups excluding carboxylic acids is 5. The fourth-order valence-corrected chi connectivity index (χ4v) is 4.63. The van der Waals surface area contributed by atoms with Crippen LogP contribution in [0.1, 0.15) is 32.6 Å². The quantitative estimate of drug-likeness (QED) is 0.417. The fraction of sp³-hybridized carbons (Fsp3) is 0.522. The lowest BCUT2D eigenvalue weighted by atomic mass is 9.94. The zero-order valence-electron chi connectivity index (χ0n) is 18.7. The minimum atomic E-state index is -1.42. The van der Waals surface area contributed by atoms with E-state index in [2.05, 4.69) is 16.0 Å². The minimum absolute atomic E-state index is 0.0259. The zero-order chi connectivity index (χ0) is 24.6. The molecule has 0 radical (unpaired) electrons. The van der Waals surface area contributed by atoms with Crippen LogP contribution < -0.4 is 16.0 Å². The highest BCUT2D eigenvalue weighted by Crippen LogP contribution is 2.54. The number of hydrogen-bond acceptors (Lipinski definition) is 6. The van der Waals surface area contributed by atoms with Crippen molar-refractivity contribution in [3.63, 3.8) is 0 Å². The second-order valence-electron chi connectivity index (χ2n) is 9.43. The number of benzene rings is 1. The van der Waals surface area contributed by atoms with Crippen LogP contribution in [0.2, 0.25) is 0 Å². The highest BCUT2D eigenvalue weighted by molar-refractivity contribution is 6.40. The first-order chi connectivity index (χ1) is 16.1. The van der Waals surface area contributed by atoms with Crippen molar-refractivity contribution in [3.8, 4) is 0 Å². The van der Waals surface area contributed by atoms with Gasteiger partial charge in [-0.3, -0.25) is 24.0 Å². The maximum atomic E-state index is 13.9. The van der Waals surface area contributed by atoms with Crippen molar-refractivity contribution in [1.82, 2.24) is 15.5 Å². The third kappa shape index (κ3) is 4.79. The van der Waals surface area contributed by atoms with Crippen molar-refractivity contribution >= 4 is 35.1 Å². The molecule has 1 aromatic rings. The van der Waals surface area contributed by atoms with Crippen LogP contribution in [-0.2, 0) is 24.0 Å². The van der Waals surface area contributed by atoms with Gasteiger partial charge in [-0.1, -0.05) is 12.1 Å². The average molecular weight is 474 g/mol. The Morgan fingerprint density at radius 2 is 1.94 bits per heavy atom. The number of nitrogens with one attached hydrogen (secondary N) is 3. The molecular weight excluding hydrogens is 447 g/mol. The molecule has 4 atom stereocenters. The summed E-state index contributed by atoms with van der Waals surface area (Å²) in [5.74, 6) is -4.77. The van der Waals surface area contributed by atoms with E-state index in [1.54, 1.807) is 0 Å². The van der Waals surface area contributed by atoms with E-state index in [4.69, 9.17) is 0 Å². The van der Waals surface area contributed by atoms with Crippen molar-refractivity contribution in [1.29, 1.82) is 0 Å². The van der Waals surface area contributed by atoms with Crippen LogP contribution in [0.25, 0.3) is 0 Å². The van der Waals surface area contributed by atoms with Gasteiger partial charge in [0.15, 0.2) is 5.78 Å². The lowest BCUT2D eigenvalue weighted by Crippen LogP contribution is -2.53. The number of hydrogen-bond donors (Lipinski definition) is 4. The Bertz CT molecular complexity index is 1040. The Balaban J connectivity index is 1.41. The van der Waals surface area contributed by atoms with Gasteiger partial charge in [-0.15, -0.1) is 0 Å². The maximum absolute atomic E-state index is 13.9.